The molecule has 20 aromatic carbocycles. The van der Waals surface area contributed by atoms with Gasteiger partial charge in [-0.15, -0.1) is 0 Å². The zero-order chi connectivity index (χ0) is 95.8. The van der Waals surface area contributed by atoms with Crippen molar-refractivity contribution < 1.29 is 4.42 Å². The summed E-state index contributed by atoms with van der Waals surface area (Å²) in [5, 5.41) is 7.95. The molecule has 0 radical (unpaired) electrons. The average molecular weight is 1830 g/mol. The molecule has 0 aliphatic heterocycles. The fourth-order valence-corrected chi connectivity index (χ4v) is 23.2. The largest absolute Gasteiger partial charge is 0.455 e. The van der Waals surface area contributed by atoms with Crippen LogP contribution in [-0.2, 0) is 16.2 Å². The lowest BCUT2D eigenvalue weighted by molar-refractivity contribution is 0.665. The van der Waals surface area contributed by atoms with Crippen LogP contribution in [0.1, 0.15) is 74.9 Å². The number of nitrogens with zero attached hydrogens (tertiary/aromatic N) is 7. The maximum atomic E-state index is 6.63. The van der Waals surface area contributed by atoms with Gasteiger partial charge in [-0.1, -0.05) is 418 Å². The van der Waals surface area contributed by atoms with Crippen molar-refractivity contribution in [1.29, 1.82) is 0 Å². The molecule has 0 unspecified atom stereocenters. The fraction of sp³-hybridized carbons (Fsp3) is 0.0667. The van der Waals surface area contributed by atoms with Gasteiger partial charge in [-0.25, -0.2) is 29.9 Å². The van der Waals surface area contributed by atoms with Gasteiger partial charge in [-0.2, -0.15) is 0 Å². The number of hydrogen-bond acceptors (Lipinski definition) is 7. The minimum atomic E-state index is -0.240. The molecule has 676 valence electrons. The molecule has 28 rings (SSSR count). The molecule has 25 aromatic rings. The molecule has 3 aliphatic carbocycles. The minimum Gasteiger partial charge on any atom is -0.455 e. The van der Waals surface area contributed by atoms with Gasteiger partial charge in [0.05, 0.1) is 44.7 Å². The van der Waals surface area contributed by atoms with Gasteiger partial charge < -0.3 is 8.98 Å². The fourth-order valence-electron chi connectivity index (χ4n) is 23.2. The quantitative estimate of drug-likeness (QED) is 0.120. The van der Waals surface area contributed by atoms with Gasteiger partial charge in [0.1, 0.15) is 11.2 Å². The summed E-state index contributed by atoms with van der Waals surface area (Å²) in [6.07, 6.45) is 0. The van der Waals surface area contributed by atoms with Crippen molar-refractivity contribution in [2.45, 2.75) is 57.8 Å². The molecule has 0 bridgehead atoms. The Balaban J connectivity index is 0.000000110. The van der Waals surface area contributed by atoms with E-state index in [1.54, 1.807) is 0 Å². The molecule has 8 heteroatoms. The summed E-state index contributed by atoms with van der Waals surface area (Å²) in [4.78, 5) is 32.1. The van der Waals surface area contributed by atoms with Gasteiger partial charge in [-0.05, 0) is 213 Å². The monoisotopic (exact) mass is 1830 g/mol. The normalized spacial score (nSPS) is 13.1. The van der Waals surface area contributed by atoms with E-state index in [0.29, 0.717) is 5.82 Å². The lowest BCUT2D eigenvalue weighted by Gasteiger charge is -2.24. The van der Waals surface area contributed by atoms with Crippen LogP contribution in [-0.4, -0.2) is 34.5 Å². The molecule has 0 atom stereocenters. The number of para-hydroxylation sites is 4. The maximum Gasteiger partial charge on any atom is 0.160 e. The van der Waals surface area contributed by atoms with Crippen LogP contribution in [0.5, 0.6) is 0 Å². The van der Waals surface area contributed by atoms with E-state index in [4.69, 9.17) is 34.3 Å². The Bertz CT molecular complexity index is 9420. The summed E-state index contributed by atoms with van der Waals surface area (Å²) >= 11 is 0. The van der Waals surface area contributed by atoms with Gasteiger partial charge in [0, 0.05) is 93.0 Å². The maximum absolute atomic E-state index is 6.63. The Labute approximate surface area is 830 Å². The van der Waals surface area contributed by atoms with Crippen LogP contribution in [0, 0.1) is 0 Å². The Morgan fingerprint density at radius 2 is 0.517 bits per heavy atom. The summed E-state index contributed by atoms with van der Waals surface area (Å²) in [6.45, 7) is 14.0. The molecule has 0 N–H and O–H groups in total. The first-order valence-corrected chi connectivity index (χ1v) is 49.3. The first-order chi connectivity index (χ1) is 70.2. The Morgan fingerprint density at radius 1 is 0.196 bits per heavy atom. The van der Waals surface area contributed by atoms with Crippen LogP contribution in [0.4, 0.5) is 0 Å². The van der Waals surface area contributed by atoms with Crippen molar-refractivity contribution in [2.24, 2.45) is 0 Å². The van der Waals surface area contributed by atoms with Crippen LogP contribution in [0.3, 0.4) is 0 Å². The molecule has 0 saturated heterocycles. The Kier molecular flexibility index (Phi) is 20.5. The second kappa shape index (κ2) is 34.3. The highest BCUT2D eigenvalue weighted by molar-refractivity contribution is 6.15. The molecule has 0 fully saturated rings. The lowest BCUT2D eigenvalue weighted by Crippen LogP contribution is -2.16. The van der Waals surface area contributed by atoms with E-state index in [-0.39, 0.29) is 16.2 Å². The van der Waals surface area contributed by atoms with Crippen molar-refractivity contribution in [3.8, 4) is 163 Å². The Morgan fingerprint density at radius 3 is 1.01 bits per heavy atom. The molecule has 143 heavy (non-hydrogen) atoms. The van der Waals surface area contributed by atoms with Crippen molar-refractivity contribution >= 4 is 76.5 Å². The summed E-state index contributed by atoms with van der Waals surface area (Å²) < 4.78 is 8.97. The van der Waals surface area contributed by atoms with Gasteiger partial charge >= 0.3 is 0 Å². The SMILES string of the molecule is CC1(C)c2ccccc2-c2ccc3nc(-c4ccc5c(c4)c4ccccc4n5-c4ccccc4)nc(-c4ccccc4)c3c21.CC1(C)c2ccccc2-c2ccc3nc(-c4cccc(-c5cccc(-c6ccccc6)c5)c4)nc(-c4cccc5c4oc4ccccc45)c3c21.CC1(C)c2ccccc2-c2ccc3nc(-c4cccc(-c5cccc(-c6ccccc6-c6ccccc6)c5)c4)nc(-c4ccccc4)c3c21. The van der Waals surface area contributed by atoms with Crippen molar-refractivity contribution in [1.82, 2.24) is 34.5 Å². The molecule has 5 aromatic heterocycles. The Hall–Kier alpha value is -18.0. The predicted molar refractivity (Wildman–Crippen MR) is 593 cm³/mol. The summed E-state index contributed by atoms with van der Waals surface area (Å²) in [5.74, 6) is 2.16. The first kappa shape index (κ1) is 85.4. The highest BCUT2D eigenvalue weighted by Gasteiger charge is 2.42. The molecule has 0 saturated carbocycles. The molecule has 0 amide bonds. The third-order valence-electron chi connectivity index (χ3n) is 29.9. The van der Waals surface area contributed by atoms with Crippen molar-refractivity contribution in [3.05, 3.63) is 500 Å². The number of aromatic nitrogens is 7. The number of rotatable bonds is 12. The molecular formula is C135H95N7O. The van der Waals surface area contributed by atoms with Crippen molar-refractivity contribution in [2.75, 3.05) is 0 Å². The van der Waals surface area contributed by atoms with E-state index in [9.17, 15) is 0 Å². The third kappa shape index (κ3) is 14.4. The third-order valence-corrected chi connectivity index (χ3v) is 29.9. The zero-order valence-electron chi connectivity index (χ0n) is 80.0. The lowest BCUT2D eigenvalue weighted by atomic mass is 9.80. The van der Waals surface area contributed by atoms with E-state index in [1.165, 1.54) is 122 Å². The van der Waals surface area contributed by atoms with Gasteiger partial charge in [-0.3, -0.25) is 0 Å². The number of furan rings is 1. The van der Waals surface area contributed by atoms with Crippen LogP contribution >= 0.6 is 0 Å². The summed E-state index contributed by atoms with van der Waals surface area (Å²) in [7, 11) is 0. The highest BCUT2D eigenvalue weighted by atomic mass is 16.3. The second-order valence-corrected chi connectivity index (χ2v) is 39.4. The van der Waals surface area contributed by atoms with Gasteiger partial charge in [0.25, 0.3) is 0 Å². The first-order valence-electron chi connectivity index (χ1n) is 49.3. The second-order valence-electron chi connectivity index (χ2n) is 39.4. The van der Waals surface area contributed by atoms with Gasteiger partial charge in [0.2, 0.25) is 0 Å². The van der Waals surface area contributed by atoms with E-state index < -0.39 is 0 Å². The smallest absolute Gasteiger partial charge is 0.160 e. The van der Waals surface area contributed by atoms with E-state index in [2.05, 4.69) is 501 Å². The minimum absolute atomic E-state index is 0.169. The molecule has 5 heterocycles. The highest BCUT2D eigenvalue weighted by Crippen LogP contribution is 2.58. The number of benzene rings is 20. The van der Waals surface area contributed by atoms with E-state index >= 15 is 0 Å². The number of hydrogen-bond donors (Lipinski definition) is 0. The topological polar surface area (TPSA) is 95.4 Å². The van der Waals surface area contributed by atoms with Gasteiger partial charge in [0.15, 0.2) is 17.5 Å². The molecule has 0 spiro atoms. The van der Waals surface area contributed by atoms with Crippen molar-refractivity contribution in [3.63, 3.8) is 0 Å². The molecular weight excluding hydrogens is 1740 g/mol. The molecule has 8 nitrogen and oxygen atoms in total. The molecule has 3 aliphatic rings. The van der Waals surface area contributed by atoms with Crippen LogP contribution in [0.2, 0.25) is 0 Å². The standard InChI is InChI=1S/C47H32N2O.C47H34N2.C41H29N3/c1-47(2)39-23-8-6-19-34(39)36-25-26-40-42(43(36)47)44(38-22-12-21-37-35-20-7-9-24-41(35)50-45(37)38)49-46(48-40)33-18-11-17-32(28-33)31-16-10-15-30(27-31)29-13-4-3-5-14-29;1-47(2)41-26-12-11-25-39(41)40-27-28-42-43(44(40)47)45(32-17-7-4-8-18-32)49-46(48-42)36-22-14-20-34(30-36)33-19-13-21-35(29-33)38-24-10-9-23-37(38)31-15-5-3-6-16-31;1-41(2)33-19-11-9-17-29(33)31-22-23-34-37(38(31)41)39(26-13-5-3-6-14-26)43-40(42-34)27-21-24-36-32(25-27)30-18-10-12-20-35(30)44(36)28-15-7-4-8-16-28/h3-28H,1-2H3;3-30H,1-2H3;3-25H,1-2H3. The predicted octanol–water partition coefficient (Wildman–Crippen LogP) is 35.1. The summed E-state index contributed by atoms with van der Waals surface area (Å²) in [6, 6.07) is 166. The van der Waals surface area contributed by atoms with Crippen LogP contribution in [0.15, 0.2) is 472 Å². The van der Waals surface area contributed by atoms with Crippen LogP contribution in [0.25, 0.3) is 239 Å². The number of fused-ring (bicyclic) bond motifs is 21. The van der Waals surface area contributed by atoms with Crippen LogP contribution < -0.4 is 0 Å². The van der Waals surface area contributed by atoms with E-state index in [1.807, 2.05) is 12.1 Å². The zero-order valence-corrected chi connectivity index (χ0v) is 80.0. The summed E-state index contributed by atoms with van der Waals surface area (Å²) in [5.41, 5.74) is 43.9. The average Bonchev–Trinajstić information content (AvgIpc) is 1.57. The van der Waals surface area contributed by atoms with E-state index in [0.717, 1.165) is 145 Å².